The lowest BCUT2D eigenvalue weighted by Gasteiger charge is -2.31. The number of pyridine rings is 1. The Kier molecular flexibility index (Phi) is 4.95. The quantitative estimate of drug-likeness (QED) is 0.900. The van der Waals surface area contributed by atoms with Gasteiger partial charge in [0, 0.05) is 51.7 Å². The van der Waals surface area contributed by atoms with E-state index in [1.807, 2.05) is 6.07 Å². The van der Waals surface area contributed by atoms with E-state index in [9.17, 15) is 8.42 Å². The van der Waals surface area contributed by atoms with Crippen molar-refractivity contribution in [2.24, 2.45) is 0 Å². The van der Waals surface area contributed by atoms with E-state index in [2.05, 4.69) is 15.2 Å². The molecule has 22 heavy (non-hydrogen) atoms. The number of aromatic nitrogens is 1. The highest BCUT2D eigenvalue weighted by atomic mass is 32.2. The molecule has 1 aromatic rings. The lowest BCUT2D eigenvalue weighted by Crippen LogP contribution is -2.44. The Morgan fingerprint density at radius 1 is 1.00 bits per heavy atom. The van der Waals surface area contributed by atoms with E-state index in [1.165, 1.54) is 6.20 Å². The van der Waals surface area contributed by atoms with E-state index in [-0.39, 0.29) is 0 Å². The number of anilines is 1. The van der Waals surface area contributed by atoms with Crippen molar-refractivity contribution in [2.45, 2.75) is 30.6 Å². The van der Waals surface area contributed by atoms with Crippen molar-refractivity contribution in [1.29, 1.82) is 0 Å². The van der Waals surface area contributed by atoms with E-state index in [0.29, 0.717) is 18.0 Å². The van der Waals surface area contributed by atoms with Gasteiger partial charge in [-0.25, -0.2) is 8.42 Å². The average molecular weight is 324 g/mol. The minimum atomic E-state index is -3.46. The van der Waals surface area contributed by atoms with Gasteiger partial charge >= 0.3 is 0 Å². The lowest BCUT2D eigenvalue weighted by molar-refractivity contribution is 0.423. The molecule has 3 heterocycles. The third kappa shape index (κ3) is 3.26. The second kappa shape index (κ2) is 6.93. The summed E-state index contributed by atoms with van der Waals surface area (Å²) < 4.78 is 27.7. The monoisotopic (exact) mass is 324 g/mol. The first-order chi connectivity index (χ1) is 10.7. The molecule has 3 rings (SSSR count). The first-order valence-corrected chi connectivity index (χ1v) is 9.53. The number of rotatable bonds is 3. The Balaban J connectivity index is 1.92. The van der Waals surface area contributed by atoms with Crippen molar-refractivity contribution < 1.29 is 8.42 Å². The van der Waals surface area contributed by atoms with Gasteiger partial charge in [-0.1, -0.05) is 12.8 Å². The molecule has 1 N–H and O–H groups in total. The molecule has 0 aliphatic carbocycles. The Morgan fingerprint density at radius 2 is 1.68 bits per heavy atom. The molecular weight excluding hydrogens is 300 g/mol. The van der Waals surface area contributed by atoms with Gasteiger partial charge in [0.2, 0.25) is 10.0 Å². The van der Waals surface area contributed by atoms with Gasteiger partial charge in [-0.15, -0.1) is 0 Å². The summed E-state index contributed by atoms with van der Waals surface area (Å²) in [6.45, 7) is 4.66. The fourth-order valence-electron chi connectivity index (χ4n) is 3.16. The van der Waals surface area contributed by atoms with E-state index in [4.69, 9.17) is 0 Å². The van der Waals surface area contributed by atoms with E-state index in [0.717, 1.165) is 57.5 Å². The van der Waals surface area contributed by atoms with Crippen molar-refractivity contribution >= 4 is 15.7 Å². The number of sulfonamides is 1. The smallest absolute Gasteiger partial charge is 0.246 e. The highest BCUT2D eigenvalue weighted by Gasteiger charge is 2.29. The van der Waals surface area contributed by atoms with Gasteiger partial charge in [-0.2, -0.15) is 4.31 Å². The molecule has 0 bridgehead atoms. The maximum absolute atomic E-state index is 13.0. The van der Waals surface area contributed by atoms with Crippen molar-refractivity contribution in [3.05, 3.63) is 18.5 Å². The van der Waals surface area contributed by atoms with Gasteiger partial charge in [0.1, 0.15) is 4.90 Å². The predicted molar refractivity (Wildman–Crippen MR) is 86.5 cm³/mol. The summed E-state index contributed by atoms with van der Waals surface area (Å²) in [6.07, 6.45) is 7.31. The zero-order valence-electron chi connectivity index (χ0n) is 12.9. The maximum atomic E-state index is 13.0. The van der Waals surface area contributed by atoms with Crippen LogP contribution in [-0.4, -0.2) is 57.0 Å². The molecule has 122 valence electrons. The molecule has 0 spiro atoms. The van der Waals surface area contributed by atoms with Gasteiger partial charge in [-0.3, -0.25) is 4.98 Å². The van der Waals surface area contributed by atoms with Crippen LogP contribution in [0.5, 0.6) is 0 Å². The summed E-state index contributed by atoms with van der Waals surface area (Å²) in [5.74, 6) is 0. The summed E-state index contributed by atoms with van der Waals surface area (Å²) in [5.41, 5.74) is 0.792. The lowest BCUT2D eigenvalue weighted by atomic mass is 10.2. The summed E-state index contributed by atoms with van der Waals surface area (Å²) in [7, 11) is -3.46. The summed E-state index contributed by atoms with van der Waals surface area (Å²) in [4.78, 5) is 6.58. The zero-order valence-corrected chi connectivity index (χ0v) is 13.7. The van der Waals surface area contributed by atoms with Crippen LogP contribution in [-0.2, 0) is 10.0 Å². The third-order valence-electron chi connectivity index (χ3n) is 4.40. The standard InChI is InChI=1S/C15H24N4O2S/c20-22(21,19-9-3-1-2-4-10-19)15-13-17-6-5-14(15)18-11-7-16-8-12-18/h5-6,13,16H,1-4,7-12H2. The van der Waals surface area contributed by atoms with Crippen LogP contribution in [0.15, 0.2) is 23.4 Å². The third-order valence-corrected chi connectivity index (χ3v) is 6.32. The minimum Gasteiger partial charge on any atom is -0.368 e. The van der Waals surface area contributed by atoms with Gasteiger partial charge in [0.05, 0.1) is 5.69 Å². The molecule has 2 saturated heterocycles. The average Bonchev–Trinajstić information content (AvgIpc) is 2.85. The number of piperazine rings is 1. The fraction of sp³-hybridized carbons (Fsp3) is 0.667. The van der Waals surface area contributed by atoms with E-state index in [1.54, 1.807) is 10.5 Å². The van der Waals surface area contributed by atoms with Crippen LogP contribution in [0.2, 0.25) is 0 Å². The number of hydrogen-bond donors (Lipinski definition) is 1. The molecule has 0 atom stereocenters. The molecule has 2 fully saturated rings. The summed E-state index contributed by atoms with van der Waals surface area (Å²) >= 11 is 0. The number of nitrogens with zero attached hydrogens (tertiary/aromatic N) is 3. The van der Waals surface area contributed by atoms with Gasteiger partial charge in [0.15, 0.2) is 0 Å². The fourth-order valence-corrected chi connectivity index (χ4v) is 4.83. The van der Waals surface area contributed by atoms with Crippen LogP contribution in [0.4, 0.5) is 5.69 Å². The number of nitrogens with one attached hydrogen (secondary N) is 1. The summed E-state index contributed by atoms with van der Waals surface area (Å²) in [6, 6.07) is 1.83. The van der Waals surface area contributed by atoms with Gasteiger partial charge < -0.3 is 10.2 Å². The molecule has 7 heteroatoms. The summed E-state index contributed by atoms with van der Waals surface area (Å²) in [5, 5.41) is 3.30. The Labute approximate surface area is 132 Å². The van der Waals surface area contributed by atoms with Crippen LogP contribution in [0, 0.1) is 0 Å². The van der Waals surface area contributed by atoms with E-state index >= 15 is 0 Å². The SMILES string of the molecule is O=S(=O)(c1cnccc1N1CCNCC1)N1CCCCCC1. The predicted octanol–water partition coefficient (Wildman–Crippen LogP) is 1.06. The van der Waals surface area contributed by atoms with Gasteiger partial charge in [0.25, 0.3) is 0 Å². The maximum Gasteiger partial charge on any atom is 0.246 e. The first-order valence-electron chi connectivity index (χ1n) is 8.09. The minimum absolute atomic E-state index is 0.360. The van der Waals surface area contributed by atoms with Gasteiger partial charge in [-0.05, 0) is 18.9 Å². The van der Waals surface area contributed by atoms with Crippen molar-refractivity contribution in [1.82, 2.24) is 14.6 Å². The van der Waals surface area contributed by atoms with E-state index < -0.39 is 10.0 Å². The second-order valence-electron chi connectivity index (χ2n) is 5.90. The molecule has 0 amide bonds. The van der Waals surface area contributed by atoms with Crippen molar-refractivity contribution in [3.63, 3.8) is 0 Å². The van der Waals surface area contributed by atoms with Crippen LogP contribution in [0.3, 0.4) is 0 Å². The Hall–Kier alpha value is -1.18. The second-order valence-corrected chi connectivity index (χ2v) is 7.81. The van der Waals surface area contributed by atoms with Crippen LogP contribution in [0.1, 0.15) is 25.7 Å². The van der Waals surface area contributed by atoms with Crippen molar-refractivity contribution in [2.75, 3.05) is 44.2 Å². The van der Waals surface area contributed by atoms with Crippen LogP contribution in [0.25, 0.3) is 0 Å². The Bertz CT molecular complexity index is 591. The molecule has 1 aromatic heterocycles. The molecular formula is C15H24N4O2S. The molecule has 2 aliphatic heterocycles. The molecule has 6 nitrogen and oxygen atoms in total. The topological polar surface area (TPSA) is 65.5 Å². The normalized spacial score (nSPS) is 21.5. The Morgan fingerprint density at radius 3 is 2.36 bits per heavy atom. The van der Waals surface area contributed by atoms with Crippen molar-refractivity contribution in [3.8, 4) is 0 Å². The van der Waals surface area contributed by atoms with Crippen LogP contribution < -0.4 is 10.2 Å². The molecule has 0 saturated carbocycles. The molecule has 0 unspecified atom stereocenters. The highest BCUT2D eigenvalue weighted by Crippen LogP contribution is 2.28. The largest absolute Gasteiger partial charge is 0.368 e. The highest BCUT2D eigenvalue weighted by molar-refractivity contribution is 7.89. The molecule has 0 radical (unpaired) electrons. The zero-order chi connectivity index (χ0) is 15.4. The van der Waals surface area contributed by atoms with Crippen LogP contribution >= 0.6 is 0 Å². The number of hydrogen-bond acceptors (Lipinski definition) is 5. The molecule has 2 aliphatic rings. The first kappa shape index (κ1) is 15.7. The molecule has 0 aromatic carbocycles.